The van der Waals surface area contributed by atoms with Gasteiger partial charge in [-0.15, -0.1) is 0 Å². The SMILES string of the molecule is O=C1CCC(NS(=O)(=O)c2cc(C(=O)O)oc2Br)C(=O)N1. The number of carbonyl (C=O) groups excluding carboxylic acids is 2. The fourth-order valence-corrected chi connectivity index (χ4v) is 3.87. The first-order valence-electron chi connectivity index (χ1n) is 5.59. The first kappa shape index (κ1) is 15.7. The van der Waals surface area contributed by atoms with E-state index in [1.54, 1.807) is 0 Å². The Bertz CT molecular complexity index is 724. The summed E-state index contributed by atoms with van der Waals surface area (Å²) in [6, 6.07) is -0.288. The molecule has 0 bridgehead atoms. The maximum atomic E-state index is 12.1. The van der Waals surface area contributed by atoms with Crippen LogP contribution in [0, 0.1) is 0 Å². The first-order chi connectivity index (χ1) is 9.70. The third-order valence-corrected chi connectivity index (χ3v) is 5.02. The molecule has 0 saturated carbocycles. The minimum absolute atomic E-state index is 0.00581. The van der Waals surface area contributed by atoms with Crippen molar-refractivity contribution in [1.29, 1.82) is 0 Å². The number of nitrogens with one attached hydrogen (secondary N) is 2. The third-order valence-electron chi connectivity index (χ3n) is 2.69. The number of carboxylic acids is 1. The van der Waals surface area contributed by atoms with Gasteiger partial charge in [0.1, 0.15) is 10.9 Å². The van der Waals surface area contributed by atoms with E-state index in [4.69, 9.17) is 9.52 Å². The summed E-state index contributed by atoms with van der Waals surface area (Å²) < 4.78 is 30.8. The summed E-state index contributed by atoms with van der Waals surface area (Å²) in [6.45, 7) is 0. The van der Waals surface area contributed by atoms with Gasteiger partial charge in [0.15, 0.2) is 4.67 Å². The summed E-state index contributed by atoms with van der Waals surface area (Å²) in [7, 11) is -4.18. The molecule has 1 aromatic heterocycles. The summed E-state index contributed by atoms with van der Waals surface area (Å²) in [4.78, 5) is 32.8. The summed E-state index contributed by atoms with van der Waals surface area (Å²) in [5.41, 5.74) is 0. The highest BCUT2D eigenvalue weighted by molar-refractivity contribution is 9.10. The summed E-state index contributed by atoms with van der Waals surface area (Å²) in [5, 5.41) is 10.8. The fourth-order valence-electron chi connectivity index (χ4n) is 1.70. The lowest BCUT2D eigenvalue weighted by atomic mass is 10.1. The van der Waals surface area contributed by atoms with Gasteiger partial charge in [0.05, 0.1) is 0 Å². The lowest BCUT2D eigenvalue weighted by Crippen LogP contribution is -2.52. The molecule has 1 aromatic rings. The van der Waals surface area contributed by atoms with Crippen LogP contribution in [0.15, 0.2) is 20.0 Å². The van der Waals surface area contributed by atoms with Crippen LogP contribution in [0.4, 0.5) is 0 Å². The van der Waals surface area contributed by atoms with Crippen LogP contribution in [0.2, 0.25) is 0 Å². The number of sulfonamides is 1. The Morgan fingerprint density at radius 2 is 2.14 bits per heavy atom. The van der Waals surface area contributed by atoms with Crippen molar-refractivity contribution in [2.45, 2.75) is 23.8 Å². The number of halogens is 1. The Balaban J connectivity index is 2.24. The second kappa shape index (κ2) is 5.58. The molecule has 21 heavy (non-hydrogen) atoms. The smallest absolute Gasteiger partial charge is 0.371 e. The normalized spacial score (nSPS) is 19.4. The molecule has 1 aliphatic heterocycles. The molecule has 0 aromatic carbocycles. The second-order valence-corrected chi connectivity index (χ2v) is 6.58. The van der Waals surface area contributed by atoms with Crippen molar-refractivity contribution in [3.05, 3.63) is 16.5 Å². The van der Waals surface area contributed by atoms with Crippen molar-refractivity contribution >= 4 is 43.7 Å². The number of hydrogen-bond donors (Lipinski definition) is 3. The van der Waals surface area contributed by atoms with E-state index >= 15 is 0 Å². The molecule has 2 rings (SSSR count). The average Bonchev–Trinajstić information content (AvgIpc) is 2.76. The molecule has 0 radical (unpaired) electrons. The molecule has 1 aliphatic rings. The van der Waals surface area contributed by atoms with Gasteiger partial charge in [0, 0.05) is 12.5 Å². The molecule has 1 atom stereocenters. The van der Waals surface area contributed by atoms with Crippen molar-refractivity contribution in [3.63, 3.8) is 0 Å². The van der Waals surface area contributed by atoms with E-state index in [9.17, 15) is 22.8 Å². The Hall–Kier alpha value is -1.72. The van der Waals surface area contributed by atoms with Gasteiger partial charge in [0.2, 0.25) is 27.6 Å². The van der Waals surface area contributed by atoms with E-state index in [1.165, 1.54) is 0 Å². The molecule has 0 aliphatic carbocycles. The number of carbonyl (C=O) groups is 3. The van der Waals surface area contributed by atoms with Crippen LogP contribution >= 0.6 is 15.9 Å². The maximum absolute atomic E-state index is 12.1. The number of rotatable bonds is 4. The van der Waals surface area contributed by atoms with Crippen molar-refractivity contribution in [2.75, 3.05) is 0 Å². The van der Waals surface area contributed by atoms with E-state index in [-0.39, 0.29) is 17.5 Å². The number of aromatic carboxylic acids is 1. The van der Waals surface area contributed by atoms with Crippen LogP contribution in [0.25, 0.3) is 0 Å². The van der Waals surface area contributed by atoms with Gasteiger partial charge in [-0.25, -0.2) is 13.2 Å². The molecule has 11 heteroatoms. The zero-order valence-electron chi connectivity index (χ0n) is 10.3. The van der Waals surface area contributed by atoms with Crippen LogP contribution in [0.5, 0.6) is 0 Å². The van der Waals surface area contributed by atoms with E-state index in [0.717, 1.165) is 6.07 Å². The average molecular weight is 381 g/mol. The molecular formula is C10H9BrN2O7S. The van der Waals surface area contributed by atoms with Gasteiger partial charge in [-0.1, -0.05) is 0 Å². The molecule has 1 fully saturated rings. The Labute approximate surface area is 126 Å². The van der Waals surface area contributed by atoms with Crippen LogP contribution in [0.3, 0.4) is 0 Å². The third kappa shape index (κ3) is 3.31. The van der Waals surface area contributed by atoms with Crippen LogP contribution in [0.1, 0.15) is 23.4 Å². The molecule has 1 saturated heterocycles. The molecule has 2 heterocycles. The monoisotopic (exact) mass is 380 g/mol. The van der Waals surface area contributed by atoms with Gasteiger partial charge in [-0.05, 0) is 22.4 Å². The predicted octanol–water partition coefficient (Wildman–Crippen LogP) is -0.176. The fraction of sp³-hybridized carbons (Fsp3) is 0.300. The highest BCUT2D eigenvalue weighted by Gasteiger charge is 2.33. The Kier molecular flexibility index (Phi) is 4.16. The predicted molar refractivity (Wildman–Crippen MR) is 69.9 cm³/mol. The Morgan fingerprint density at radius 1 is 1.48 bits per heavy atom. The van der Waals surface area contributed by atoms with E-state index < -0.39 is 44.5 Å². The standard InChI is InChI=1S/C10H9BrN2O7S/c11-8-6(3-5(20-8)10(16)17)21(18,19)13-4-1-2-7(14)12-9(4)15/h3-4,13H,1-2H2,(H,16,17)(H,12,14,15). The topological polar surface area (TPSA) is 143 Å². The number of amides is 2. The summed E-state index contributed by atoms with van der Waals surface area (Å²) >= 11 is 2.81. The molecule has 9 nitrogen and oxygen atoms in total. The lowest BCUT2D eigenvalue weighted by Gasteiger charge is -2.21. The molecule has 0 spiro atoms. The number of hydrogen-bond acceptors (Lipinski definition) is 6. The molecule has 1 unspecified atom stereocenters. The van der Waals surface area contributed by atoms with Crippen molar-refractivity contribution in [2.24, 2.45) is 0 Å². The maximum Gasteiger partial charge on any atom is 0.371 e. The van der Waals surface area contributed by atoms with Crippen LogP contribution < -0.4 is 10.0 Å². The lowest BCUT2D eigenvalue weighted by molar-refractivity contribution is -0.134. The van der Waals surface area contributed by atoms with E-state index in [0.29, 0.717) is 0 Å². The highest BCUT2D eigenvalue weighted by Crippen LogP contribution is 2.26. The first-order valence-corrected chi connectivity index (χ1v) is 7.87. The largest absolute Gasteiger partial charge is 0.475 e. The van der Waals surface area contributed by atoms with Gasteiger partial charge in [0.25, 0.3) is 0 Å². The van der Waals surface area contributed by atoms with E-state index in [2.05, 4.69) is 20.7 Å². The quantitative estimate of drug-likeness (QED) is 0.614. The minimum atomic E-state index is -4.18. The second-order valence-electron chi connectivity index (χ2n) is 4.18. The zero-order valence-corrected chi connectivity index (χ0v) is 12.7. The van der Waals surface area contributed by atoms with Gasteiger partial charge in [-0.3, -0.25) is 14.9 Å². The molecular weight excluding hydrogens is 372 g/mol. The van der Waals surface area contributed by atoms with Gasteiger partial charge >= 0.3 is 5.97 Å². The number of imide groups is 1. The summed E-state index contributed by atoms with van der Waals surface area (Å²) in [5.74, 6) is -3.23. The van der Waals surface area contributed by atoms with Gasteiger partial charge in [-0.2, -0.15) is 4.72 Å². The summed E-state index contributed by atoms with van der Waals surface area (Å²) in [6.07, 6.45) is 0.0248. The minimum Gasteiger partial charge on any atom is -0.475 e. The van der Waals surface area contributed by atoms with E-state index in [1.807, 2.05) is 5.32 Å². The highest BCUT2D eigenvalue weighted by atomic mass is 79.9. The zero-order chi connectivity index (χ0) is 15.8. The molecule has 2 amide bonds. The number of furan rings is 1. The number of carboxylic acid groups (broad SMARTS) is 1. The van der Waals surface area contributed by atoms with Gasteiger partial charge < -0.3 is 9.52 Å². The number of piperidine rings is 1. The molecule has 114 valence electrons. The van der Waals surface area contributed by atoms with Crippen LogP contribution in [-0.4, -0.2) is 37.3 Å². The van der Waals surface area contributed by atoms with Crippen molar-refractivity contribution in [1.82, 2.24) is 10.0 Å². The van der Waals surface area contributed by atoms with Crippen LogP contribution in [-0.2, 0) is 19.6 Å². The van der Waals surface area contributed by atoms with Crippen molar-refractivity contribution < 1.29 is 32.3 Å². The Morgan fingerprint density at radius 3 is 2.67 bits per heavy atom. The van der Waals surface area contributed by atoms with Crippen molar-refractivity contribution in [3.8, 4) is 0 Å². The molecule has 3 N–H and O–H groups in total.